The molecule has 1 aliphatic heterocycles. The van der Waals surface area contributed by atoms with Gasteiger partial charge in [0.15, 0.2) is 0 Å². The number of hydrogen-bond acceptors (Lipinski definition) is 9. The fourth-order valence-electron chi connectivity index (χ4n) is 4.07. The predicted molar refractivity (Wildman–Crippen MR) is 127 cm³/mol. The summed E-state index contributed by atoms with van der Waals surface area (Å²) in [6.45, 7) is 0.645. The lowest BCUT2D eigenvalue weighted by Crippen LogP contribution is -2.52. The molecule has 1 saturated heterocycles. The van der Waals surface area contributed by atoms with Crippen molar-refractivity contribution in [3.05, 3.63) is 0 Å². The molecule has 1 aliphatic rings. The van der Waals surface area contributed by atoms with Crippen molar-refractivity contribution in [3.8, 4) is 0 Å². The largest absolute Gasteiger partial charge is 0.480 e. The van der Waals surface area contributed by atoms with Gasteiger partial charge in [0.25, 0.3) is 0 Å². The fourth-order valence-corrected chi connectivity index (χ4v) is 5.67. The molecule has 0 saturated carbocycles. The monoisotopic (exact) mass is 547 g/mol. The van der Waals surface area contributed by atoms with Crippen LogP contribution >= 0.6 is 15.2 Å². The number of nitrogens with two attached hydrogens (primary N) is 1. The van der Waals surface area contributed by atoms with Gasteiger partial charge in [-0.3, -0.25) is 38.3 Å². The Balaban J connectivity index is 3.26. The van der Waals surface area contributed by atoms with Crippen LogP contribution in [0.4, 0.5) is 0 Å². The first-order valence-corrected chi connectivity index (χ1v) is 14.9. The SMILES string of the molecule is NCCCCC1CN(CC(=O)O)CCN(CP(=O)(O)O)CCN(CP(=O)(O)O)CCN1CC(=O)O. The second-order valence-electron chi connectivity index (χ2n) is 8.78. The van der Waals surface area contributed by atoms with Gasteiger partial charge in [-0.1, -0.05) is 6.42 Å². The smallest absolute Gasteiger partial charge is 0.339 e. The molecular formula is C18H39N5O10P2. The van der Waals surface area contributed by atoms with E-state index in [-0.39, 0.29) is 64.9 Å². The van der Waals surface area contributed by atoms with Gasteiger partial charge in [-0.2, -0.15) is 0 Å². The van der Waals surface area contributed by atoms with E-state index in [2.05, 4.69) is 0 Å². The molecule has 206 valence electrons. The number of rotatable bonds is 12. The van der Waals surface area contributed by atoms with E-state index >= 15 is 0 Å². The van der Waals surface area contributed by atoms with Gasteiger partial charge in [0, 0.05) is 51.9 Å². The van der Waals surface area contributed by atoms with Crippen LogP contribution in [-0.4, -0.2) is 145 Å². The Morgan fingerprint density at radius 3 is 1.63 bits per heavy atom. The molecule has 0 bridgehead atoms. The average molecular weight is 547 g/mol. The first-order chi connectivity index (χ1) is 16.2. The van der Waals surface area contributed by atoms with Gasteiger partial charge in [-0.05, 0) is 19.4 Å². The maximum absolute atomic E-state index is 11.7. The van der Waals surface area contributed by atoms with E-state index in [4.69, 9.17) is 5.73 Å². The lowest BCUT2D eigenvalue weighted by molar-refractivity contribution is -0.141. The molecule has 0 aromatic rings. The van der Waals surface area contributed by atoms with Gasteiger partial charge in [0.05, 0.1) is 13.1 Å². The van der Waals surface area contributed by atoms with Crippen LogP contribution in [0.25, 0.3) is 0 Å². The first kappa shape index (κ1) is 32.1. The van der Waals surface area contributed by atoms with Gasteiger partial charge in [0.1, 0.15) is 12.6 Å². The van der Waals surface area contributed by atoms with Gasteiger partial charge in [0.2, 0.25) is 0 Å². The minimum atomic E-state index is -4.45. The Morgan fingerprint density at radius 1 is 0.743 bits per heavy atom. The number of aliphatic carboxylic acids is 2. The number of hydrogen-bond donors (Lipinski definition) is 7. The fraction of sp³-hybridized carbons (Fsp3) is 0.889. The Morgan fingerprint density at radius 2 is 1.20 bits per heavy atom. The lowest BCUT2D eigenvalue weighted by atomic mass is 10.1. The molecule has 0 aromatic heterocycles. The highest BCUT2D eigenvalue weighted by Crippen LogP contribution is 2.36. The summed E-state index contributed by atoms with van der Waals surface area (Å²) in [5.41, 5.74) is 5.59. The van der Waals surface area contributed by atoms with E-state index in [9.17, 15) is 48.5 Å². The summed E-state index contributed by atoms with van der Waals surface area (Å²) in [7, 11) is -8.89. The number of nitrogens with zero attached hydrogens (tertiary/aromatic N) is 4. The van der Waals surface area contributed by atoms with Crippen molar-refractivity contribution in [3.63, 3.8) is 0 Å². The van der Waals surface area contributed by atoms with Crippen molar-refractivity contribution in [2.24, 2.45) is 5.73 Å². The summed E-state index contributed by atoms with van der Waals surface area (Å²) in [6, 6.07) is -0.372. The Bertz CT molecular complexity index is 764. The summed E-state index contributed by atoms with van der Waals surface area (Å²) < 4.78 is 23.3. The van der Waals surface area contributed by atoms with Crippen molar-refractivity contribution in [1.82, 2.24) is 19.6 Å². The van der Waals surface area contributed by atoms with Gasteiger partial charge in [-0.25, -0.2) is 0 Å². The van der Waals surface area contributed by atoms with Crippen LogP contribution in [0.2, 0.25) is 0 Å². The second kappa shape index (κ2) is 15.3. The standard InChI is InChI=1S/C18H39N5O10P2/c19-4-2-1-3-16-11-22(12-17(24)25)8-7-20(14-34(28,29)30)5-6-21(15-35(31,32)33)9-10-23(16)13-18(26)27/h16H,1-15,19H2,(H,24,25)(H,26,27)(H2,28,29,30)(H2,31,32,33). The minimum absolute atomic E-state index is 0.0722. The highest BCUT2D eigenvalue weighted by Gasteiger charge is 2.29. The summed E-state index contributed by atoms with van der Waals surface area (Å²) >= 11 is 0. The van der Waals surface area contributed by atoms with Gasteiger partial charge >= 0.3 is 27.1 Å². The quantitative estimate of drug-likeness (QED) is 0.105. The molecule has 1 fully saturated rings. The van der Waals surface area contributed by atoms with Crippen LogP contribution in [0.3, 0.4) is 0 Å². The van der Waals surface area contributed by atoms with Crippen molar-refractivity contribution in [2.75, 3.05) is 78.0 Å². The Hall–Kier alpha value is -0.960. The van der Waals surface area contributed by atoms with E-state index in [0.717, 1.165) is 0 Å². The molecule has 1 rings (SSSR count). The molecule has 0 amide bonds. The number of carboxylic acids is 2. The summed E-state index contributed by atoms with van der Waals surface area (Å²) in [5.74, 6) is -2.17. The van der Waals surface area contributed by atoms with Crippen LogP contribution in [-0.2, 0) is 18.7 Å². The van der Waals surface area contributed by atoms with E-state index in [1.807, 2.05) is 0 Å². The molecule has 35 heavy (non-hydrogen) atoms. The van der Waals surface area contributed by atoms with Crippen LogP contribution in [0.15, 0.2) is 0 Å². The van der Waals surface area contributed by atoms with E-state index in [1.165, 1.54) is 9.80 Å². The van der Waals surface area contributed by atoms with E-state index in [0.29, 0.717) is 25.8 Å². The third kappa shape index (κ3) is 15.7. The Labute approximate surface area is 204 Å². The van der Waals surface area contributed by atoms with E-state index in [1.54, 1.807) is 9.80 Å². The second-order valence-corrected chi connectivity index (χ2v) is 12.0. The van der Waals surface area contributed by atoms with Crippen LogP contribution in [0, 0.1) is 0 Å². The molecule has 1 unspecified atom stereocenters. The van der Waals surface area contributed by atoms with Crippen molar-refractivity contribution in [1.29, 1.82) is 0 Å². The minimum Gasteiger partial charge on any atom is -0.480 e. The molecule has 17 heteroatoms. The summed E-state index contributed by atoms with van der Waals surface area (Å²) in [5, 5.41) is 18.8. The molecule has 0 aliphatic carbocycles. The third-order valence-corrected chi connectivity index (χ3v) is 7.15. The highest BCUT2D eigenvalue weighted by molar-refractivity contribution is 7.51. The van der Waals surface area contributed by atoms with Gasteiger partial charge < -0.3 is 35.5 Å². The molecule has 0 radical (unpaired) electrons. The lowest BCUT2D eigenvalue weighted by Gasteiger charge is -2.38. The zero-order chi connectivity index (χ0) is 26.6. The van der Waals surface area contributed by atoms with E-state index < -0.39 is 39.7 Å². The number of unbranched alkanes of at least 4 members (excludes halogenated alkanes) is 1. The molecule has 0 aromatic carbocycles. The molecule has 1 heterocycles. The predicted octanol–water partition coefficient (Wildman–Crippen LogP) is -1.85. The zero-order valence-corrected chi connectivity index (χ0v) is 21.5. The van der Waals surface area contributed by atoms with Gasteiger partial charge in [-0.15, -0.1) is 0 Å². The molecule has 15 nitrogen and oxygen atoms in total. The zero-order valence-electron chi connectivity index (χ0n) is 19.8. The molecular weight excluding hydrogens is 508 g/mol. The van der Waals surface area contributed by atoms with Crippen LogP contribution < -0.4 is 5.73 Å². The highest BCUT2D eigenvalue weighted by atomic mass is 31.2. The number of carbonyl (C=O) groups is 2. The molecule has 1 atom stereocenters. The maximum atomic E-state index is 11.7. The third-order valence-electron chi connectivity index (χ3n) is 5.61. The number of carboxylic acid groups (broad SMARTS) is 2. The average Bonchev–Trinajstić information content (AvgIpc) is 2.68. The molecule has 0 spiro atoms. The van der Waals surface area contributed by atoms with Crippen LogP contribution in [0.5, 0.6) is 0 Å². The maximum Gasteiger partial charge on any atom is 0.339 e. The normalized spacial score (nSPS) is 21.3. The van der Waals surface area contributed by atoms with Crippen LogP contribution in [0.1, 0.15) is 19.3 Å². The summed E-state index contributed by atoms with van der Waals surface area (Å²) in [4.78, 5) is 67.1. The summed E-state index contributed by atoms with van der Waals surface area (Å²) in [6.07, 6.45) is 0.736. The Kier molecular flexibility index (Phi) is 14.0. The van der Waals surface area contributed by atoms with Crippen molar-refractivity contribution >= 4 is 27.1 Å². The topological polar surface area (TPSA) is 229 Å². The van der Waals surface area contributed by atoms with Crippen molar-refractivity contribution in [2.45, 2.75) is 25.3 Å². The first-order valence-electron chi connectivity index (χ1n) is 11.3. The van der Waals surface area contributed by atoms with Crippen molar-refractivity contribution < 1.29 is 48.5 Å². The molecule has 8 N–H and O–H groups in total.